The third kappa shape index (κ3) is 7.76. The van der Waals surface area contributed by atoms with Gasteiger partial charge in [0.15, 0.2) is 11.0 Å². The van der Waals surface area contributed by atoms with Gasteiger partial charge in [-0.25, -0.2) is 14.5 Å². The largest absolute Gasteiger partial charge is 0.573 e. The van der Waals surface area contributed by atoms with E-state index in [0.29, 0.717) is 16.7 Å². The number of nitrogens with zero attached hydrogens (tertiary/aromatic N) is 5. The lowest BCUT2D eigenvalue weighted by molar-refractivity contribution is -0.274. The normalized spacial score (nSPS) is 15.7. The lowest BCUT2D eigenvalue weighted by Crippen LogP contribution is -2.36. The molecule has 1 saturated heterocycles. The summed E-state index contributed by atoms with van der Waals surface area (Å²) in [4.78, 5) is 36.1. The summed E-state index contributed by atoms with van der Waals surface area (Å²) in [5, 5.41) is 7.77. The van der Waals surface area contributed by atoms with Crippen LogP contribution in [0.3, 0.4) is 0 Å². The fourth-order valence-electron chi connectivity index (χ4n) is 5.03. The molecule has 5 rings (SSSR count). The Morgan fingerprint density at radius 2 is 1.80 bits per heavy atom. The smallest absolute Gasteiger partial charge is 0.406 e. The maximum absolute atomic E-state index is 13.0. The second-order valence-electron chi connectivity index (χ2n) is 11.0. The molecule has 0 spiro atoms. The number of benzene rings is 3. The second kappa shape index (κ2) is 13.8. The zero-order valence-corrected chi connectivity index (χ0v) is 26.5. The van der Waals surface area contributed by atoms with Crippen LogP contribution >= 0.6 is 11.8 Å². The summed E-state index contributed by atoms with van der Waals surface area (Å²) in [5.41, 5.74) is 5.08. The van der Waals surface area contributed by atoms with Crippen LogP contribution in [0.15, 0.2) is 78.0 Å². The molecule has 13 heteroatoms. The fraction of sp³-hybridized carbons (Fsp3) is 0.303. The molecule has 240 valence electrons. The molecule has 0 saturated carbocycles. The van der Waals surface area contributed by atoms with E-state index in [2.05, 4.69) is 32.1 Å². The molecule has 0 radical (unpaired) electrons. The van der Waals surface area contributed by atoms with Gasteiger partial charge >= 0.3 is 12.4 Å². The standard InChI is InChI=1S/C33H33F3N6O3S/c1-5-6-24-8-7-20(2)17-28(24)42-29(43)18-46-32(42)39-31(44)38-22(4)21(3)23-9-11-25(12-10-23)30-37-19-41(40-30)26-13-15-27(16-14-26)45-33(34,35)36/h7-17,19,21-22H,5-6,18H2,1-4H3,(H,38,44)/b39-32-. The number of thioether (sulfide) groups is 1. The number of carbonyl (C=O) groups excluding carboxylic acids is 2. The van der Waals surface area contributed by atoms with Gasteiger partial charge in [0.2, 0.25) is 5.91 Å². The average molecular weight is 651 g/mol. The van der Waals surface area contributed by atoms with Crippen LogP contribution in [-0.2, 0) is 11.2 Å². The monoisotopic (exact) mass is 650 g/mol. The number of ether oxygens (including phenoxy) is 1. The molecule has 1 N–H and O–H groups in total. The number of amides is 3. The molecule has 3 aromatic carbocycles. The Kier molecular flexibility index (Phi) is 9.80. The summed E-state index contributed by atoms with van der Waals surface area (Å²) < 4.78 is 42.7. The van der Waals surface area contributed by atoms with Crippen molar-refractivity contribution in [1.82, 2.24) is 20.1 Å². The van der Waals surface area contributed by atoms with Crippen molar-refractivity contribution in [1.29, 1.82) is 0 Å². The van der Waals surface area contributed by atoms with Crippen LogP contribution in [-0.4, -0.2) is 50.0 Å². The summed E-state index contributed by atoms with van der Waals surface area (Å²) >= 11 is 1.25. The number of alkyl halides is 3. The van der Waals surface area contributed by atoms with Crippen molar-refractivity contribution < 1.29 is 27.5 Å². The van der Waals surface area contributed by atoms with E-state index in [1.165, 1.54) is 47.0 Å². The number of urea groups is 1. The zero-order chi connectivity index (χ0) is 33.0. The van der Waals surface area contributed by atoms with E-state index in [9.17, 15) is 22.8 Å². The zero-order valence-electron chi connectivity index (χ0n) is 25.7. The Morgan fingerprint density at radius 1 is 1.09 bits per heavy atom. The van der Waals surface area contributed by atoms with E-state index in [1.807, 2.05) is 63.2 Å². The van der Waals surface area contributed by atoms with Gasteiger partial charge in [0.05, 0.1) is 17.1 Å². The number of amidine groups is 1. The molecular weight excluding hydrogens is 617 g/mol. The van der Waals surface area contributed by atoms with Crippen molar-refractivity contribution in [2.45, 2.75) is 58.9 Å². The minimum absolute atomic E-state index is 0.0666. The Hall–Kier alpha value is -4.65. The molecule has 46 heavy (non-hydrogen) atoms. The predicted molar refractivity (Wildman–Crippen MR) is 172 cm³/mol. The van der Waals surface area contributed by atoms with E-state index in [4.69, 9.17) is 0 Å². The minimum atomic E-state index is -4.76. The van der Waals surface area contributed by atoms with Gasteiger partial charge in [0.1, 0.15) is 12.1 Å². The average Bonchev–Trinajstić information content (AvgIpc) is 3.64. The number of rotatable bonds is 9. The van der Waals surface area contributed by atoms with Gasteiger partial charge in [-0.05, 0) is 67.3 Å². The molecule has 2 heterocycles. The Morgan fingerprint density at radius 3 is 2.48 bits per heavy atom. The Bertz CT molecular complexity index is 1740. The number of aliphatic imine (C=N–C) groups is 1. The molecule has 3 amide bonds. The first-order valence-corrected chi connectivity index (χ1v) is 15.7. The summed E-state index contributed by atoms with van der Waals surface area (Å²) in [7, 11) is 0. The number of anilines is 1. The number of hydrogen-bond acceptors (Lipinski definition) is 6. The van der Waals surface area contributed by atoms with Crippen molar-refractivity contribution >= 4 is 34.6 Å². The number of nitrogens with one attached hydrogen (secondary N) is 1. The van der Waals surface area contributed by atoms with Crippen LogP contribution in [0.1, 0.15) is 49.8 Å². The lowest BCUT2D eigenvalue weighted by Gasteiger charge is -2.22. The van der Waals surface area contributed by atoms with Crippen LogP contribution < -0.4 is 15.0 Å². The van der Waals surface area contributed by atoms with Gasteiger partial charge in [0.25, 0.3) is 0 Å². The third-order valence-corrected chi connectivity index (χ3v) is 8.51. The molecule has 0 aliphatic carbocycles. The highest BCUT2D eigenvalue weighted by molar-refractivity contribution is 8.15. The van der Waals surface area contributed by atoms with Crippen LogP contribution in [0, 0.1) is 6.92 Å². The van der Waals surface area contributed by atoms with Gasteiger partial charge in [-0.3, -0.25) is 9.69 Å². The van der Waals surface area contributed by atoms with Crippen LogP contribution in [0.25, 0.3) is 17.1 Å². The first-order valence-electron chi connectivity index (χ1n) is 14.7. The Labute approximate surface area is 268 Å². The van der Waals surface area contributed by atoms with E-state index >= 15 is 0 Å². The third-order valence-electron chi connectivity index (χ3n) is 7.59. The fourth-order valence-corrected chi connectivity index (χ4v) is 5.89. The quantitative estimate of drug-likeness (QED) is 0.202. The lowest BCUT2D eigenvalue weighted by atomic mass is 9.93. The van der Waals surface area contributed by atoms with Crippen molar-refractivity contribution in [3.8, 4) is 22.8 Å². The summed E-state index contributed by atoms with van der Waals surface area (Å²) in [5.74, 6) is 0.171. The van der Waals surface area contributed by atoms with Crippen LogP contribution in [0.4, 0.5) is 23.7 Å². The number of halogens is 3. The molecule has 1 fully saturated rings. The van der Waals surface area contributed by atoms with Gasteiger partial charge in [-0.2, -0.15) is 4.99 Å². The molecule has 9 nitrogen and oxygen atoms in total. The first-order chi connectivity index (χ1) is 21.9. The number of aromatic nitrogens is 3. The molecule has 2 unspecified atom stereocenters. The van der Waals surface area contributed by atoms with Gasteiger partial charge in [0, 0.05) is 17.5 Å². The number of aryl methyl sites for hydroxylation is 2. The molecule has 0 bridgehead atoms. The van der Waals surface area contributed by atoms with Gasteiger partial charge in [-0.1, -0.05) is 68.4 Å². The number of hydrogen-bond donors (Lipinski definition) is 1. The highest BCUT2D eigenvalue weighted by Crippen LogP contribution is 2.32. The molecule has 4 aromatic rings. The topological polar surface area (TPSA) is 102 Å². The maximum Gasteiger partial charge on any atom is 0.573 e. The molecule has 1 aromatic heterocycles. The summed E-state index contributed by atoms with van der Waals surface area (Å²) in [6.45, 7) is 7.95. The first kappa shape index (κ1) is 32.7. The summed E-state index contributed by atoms with van der Waals surface area (Å²) in [6.07, 6.45) is -1.55. The van der Waals surface area contributed by atoms with Gasteiger partial charge in [-0.15, -0.1) is 18.3 Å². The minimum Gasteiger partial charge on any atom is -0.406 e. The number of carbonyl (C=O) groups is 2. The van der Waals surface area contributed by atoms with Crippen molar-refractivity contribution in [3.05, 3.63) is 89.7 Å². The Balaban J connectivity index is 1.23. The maximum atomic E-state index is 13.0. The highest BCUT2D eigenvalue weighted by Gasteiger charge is 2.33. The van der Waals surface area contributed by atoms with Crippen LogP contribution in [0.5, 0.6) is 5.75 Å². The highest BCUT2D eigenvalue weighted by atomic mass is 32.2. The molecular formula is C33H33F3N6O3S. The molecule has 1 aliphatic rings. The molecule has 2 atom stereocenters. The van der Waals surface area contributed by atoms with Crippen molar-refractivity contribution in [2.75, 3.05) is 10.7 Å². The second-order valence-corrected chi connectivity index (χ2v) is 11.9. The summed E-state index contributed by atoms with van der Waals surface area (Å²) in [6, 6.07) is 18.2. The van der Waals surface area contributed by atoms with Gasteiger partial charge < -0.3 is 10.1 Å². The van der Waals surface area contributed by atoms with E-state index < -0.39 is 12.4 Å². The van der Waals surface area contributed by atoms with Crippen LogP contribution in [0.2, 0.25) is 0 Å². The SMILES string of the molecule is CCCc1ccc(C)cc1N1C(=O)CS/C1=N\C(=O)NC(C)C(C)c1ccc(-c2ncn(-c3ccc(OC(F)(F)F)cc3)n2)cc1. The van der Waals surface area contributed by atoms with Crippen molar-refractivity contribution in [3.63, 3.8) is 0 Å². The van der Waals surface area contributed by atoms with Crippen molar-refractivity contribution in [2.24, 2.45) is 4.99 Å². The molecule has 1 aliphatic heterocycles. The van der Waals surface area contributed by atoms with E-state index in [0.717, 1.165) is 40.8 Å². The van der Waals surface area contributed by atoms with E-state index in [-0.39, 0.29) is 29.4 Å². The predicted octanol–water partition coefficient (Wildman–Crippen LogP) is 7.43. The van der Waals surface area contributed by atoms with E-state index in [1.54, 1.807) is 4.90 Å².